The molecule has 19 heavy (non-hydrogen) atoms. The second kappa shape index (κ2) is 6.04. The first-order chi connectivity index (χ1) is 9.06. The van der Waals surface area contributed by atoms with Crippen LogP contribution >= 0.6 is 0 Å². The number of furan rings is 1. The summed E-state index contributed by atoms with van der Waals surface area (Å²) in [5.74, 6) is 1.75. The number of H-pyrrole nitrogens is 1. The van der Waals surface area contributed by atoms with E-state index in [0.717, 1.165) is 35.9 Å². The van der Waals surface area contributed by atoms with Crippen LogP contribution in [0.4, 0.5) is 0 Å². The lowest BCUT2D eigenvalue weighted by atomic mass is 10.2. The molecule has 104 valence electrons. The van der Waals surface area contributed by atoms with Gasteiger partial charge in [-0.25, -0.2) is 0 Å². The van der Waals surface area contributed by atoms with Crippen molar-refractivity contribution in [3.8, 4) is 11.5 Å². The zero-order chi connectivity index (χ0) is 13.8. The summed E-state index contributed by atoms with van der Waals surface area (Å²) in [4.78, 5) is 2.17. The van der Waals surface area contributed by atoms with Crippen molar-refractivity contribution in [1.82, 2.24) is 20.4 Å². The third kappa shape index (κ3) is 3.68. The summed E-state index contributed by atoms with van der Waals surface area (Å²) in [5, 5.41) is 10.6. The quantitative estimate of drug-likeness (QED) is 0.836. The molecule has 0 aliphatic carbocycles. The van der Waals surface area contributed by atoms with E-state index in [1.54, 1.807) is 0 Å². The van der Waals surface area contributed by atoms with Crippen molar-refractivity contribution in [2.24, 2.45) is 0 Å². The fourth-order valence-corrected chi connectivity index (χ4v) is 2.12. The van der Waals surface area contributed by atoms with Gasteiger partial charge >= 0.3 is 0 Å². The predicted octanol–water partition coefficient (Wildman–Crippen LogP) is 2.02. The van der Waals surface area contributed by atoms with Crippen molar-refractivity contribution in [1.29, 1.82) is 0 Å². The van der Waals surface area contributed by atoms with Gasteiger partial charge in [-0.3, -0.25) is 5.10 Å². The van der Waals surface area contributed by atoms with E-state index < -0.39 is 0 Å². The lowest BCUT2D eigenvalue weighted by Gasteiger charge is -2.18. The van der Waals surface area contributed by atoms with Gasteiger partial charge in [0, 0.05) is 24.7 Å². The minimum absolute atomic E-state index is 0.427. The van der Waals surface area contributed by atoms with Gasteiger partial charge < -0.3 is 14.6 Å². The van der Waals surface area contributed by atoms with E-state index in [9.17, 15) is 0 Å². The lowest BCUT2D eigenvalue weighted by Crippen LogP contribution is -2.35. The molecule has 0 aromatic carbocycles. The average molecular weight is 262 g/mol. The van der Waals surface area contributed by atoms with Crippen LogP contribution in [0.3, 0.4) is 0 Å². The fourth-order valence-electron chi connectivity index (χ4n) is 2.12. The molecule has 2 N–H and O–H groups in total. The van der Waals surface area contributed by atoms with E-state index in [4.69, 9.17) is 4.42 Å². The summed E-state index contributed by atoms with van der Waals surface area (Å²) < 4.78 is 5.63. The Kier molecular flexibility index (Phi) is 4.39. The maximum Gasteiger partial charge on any atom is 0.152 e. The minimum atomic E-state index is 0.427. The van der Waals surface area contributed by atoms with Crippen LogP contribution < -0.4 is 5.32 Å². The summed E-state index contributed by atoms with van der Waals surface area (Å²) in [6.07, 6.45) is 1.85. The molecule has 1 unspecified atom stereocenters. The van der Waals surface area contributed by atoms with E-state index in [1.165, 1.54) is 0 Å². The molecule has 0 amide bonds. The third-order valence-electron chi connectivity index (χ3n) is 2.98. The minimum Gasteiger partial charge on any atom is -0.460 e. The molecule has 2 aromatic rings. The number of aromatic amines is 1. The normalized spacial score (nSPS) is 13.1. The number of nitrogens with one attached hydrogen (secondary N) is 2. The molecular formula is C14H22N4O. The van der Waals surface area contributed by atoms with Crippen molar-refractivity contribution in [2.45, 2.75) is 26.4 Å². The molecule has 0 saturated carbocycles. The van der Waals surface area contributed by atoms with Gasteiger partial charge in [-0.05, 0) is 40.1 Å². The van der Waals surface area contributed by atoms with E-state index in [-0.39, 0.29) is 0 Å². The number of hydrogen-bond acceptors (Lipinski definition) is 4. The molecule has 2 aromatic heterocycles. The number of hydrogen-bond donors (Lipinski definition) is 2. The molecular weight excluding hydrogens is 240 g/mol. The van der Waals surface area contributed by atoms with Gasteiger partial charge in [0.1, 0.15) is 11.5 Å². The van der Waals surface area contributed by atoms with E-state index >= 15 is 0 Å². The van der Waals surface area contributed by atoms with Gasteiger partial charge in [-0.2, -0.15) is 5.10 Å². The summed E-state index contributed by atoms with van der Waals surface area (Å²) in [6.45, 7) is 5.90. The average Bonchev–Trinajstić information content (AvgIpc) is 2.93. The van der Waals surface area contributed by atoms with E-state index in [0.29, 0.717) is 6.04 Å². The molecule has 5 nitrogen and oxygen atoms in total. The van der Waals surface area contributed by atoms with Gasteiger partial charge in [0.05, 0.1) is 6.20 Å². The van der Waals surface area contributed by atoms with Gasteiger partial charge in [0.2, 0.25) is 0 Å². The predicted molar refractivity (Wildman–Crippen MR) is 75.9 cm³/mol. The highest BCUT2D eigenvalue weighted by molar-refractivity contribution is 5.56. The molecule has 0 saturated heterocycles. The van der Waals surface area contributed by atoms with Crippen LogP contribution in [0, 0.1) is 6.92 Å². The van der Waals surface area contributed by atoms with Gasteiger partial charge in [-0.1, -0.05) is 0 Å². The maximum atomic E-state index is 5.63. The van der Waals surface area contributed by atoms with Crippen molar-refractivity contribution in [3.05, 3.63) is 29.7 Å². The number of aromatic nitrogens is 2. The third-order valence-corrected chi connectivity index (χ3v) is 2.98. The first-order valence-electron chi connectivity index (χ1n) is 6.53. The molecule has 0 aliphatic heterocycles. The Hall–Kier alpha value is -1.59. The largest absolute Gasteiger partial charge is 0.460 e. The number of likely N-dealkylation sites (N-methyl/N-ethyl adjacent to an activating group) is 1. The summed E-state index contributed by atoms with van der Waals surface area (Å²) in [5.41, 5.74) is 2.08. The smallest absolute Gasteiger partial charge is 0.152 e. The number of rotatable bonds is 6. The zero-order valence-corrected chi connectivity index (χ0v) is 12.0. The van der Waals surface area contributed by atoms with Crippen molar-refractivity contribution in [2.75, 3.05) is 20.6 Å². The van der Waals surface area contributed by atoms with Crippen molar-refractivity contribution in [3.63, 3.8) is 0 Å². The van der Waals surface area contributed by atoms with Crippen molar-refractivity contribution >= 4 is 0 Å². The zero-order valence-electron chi connectivity index (χ0n) is 12.0. The van der Waals surface area contributed by atoms with Crippen LogP contribution in [0.1, 0.15) is 18.2 Å². The van der Waals surface area contributed by atoms with Crippen LogP contribution in [-0.4, -0.2) is 41.8 Å². The molecule has 0 radical (unpaired) electrons. The highest BCUT2D eigenvalue weighted by atomic mass is 16.3. The van der Waals surface area contributed by atoms with Crippen LogP contribution in [0.25, 0.3) is 11.5 Å². The topological polar surface area (TPSA) is 57.1 Å². The Morgan fingerprint density at radius 1 is 1.42 bits per heavy atom. The Morgan fingerprint density at radius 3 is 2.84 bits per heavy atom. The number of aryl methyl sites for hydroxylation is 1. The first-order valence-corrected chi connectivity index (χ1v) is 6.53. The van der Waals surface area contributed by atoms with Crippen LogP contribution in [-0.2, 0) is 6.54 Å². The first kappa shape index (κ1) is 13.8. The molecule has 2 heterocycles. The monoisotopic (exact) mass is 262 g/mol. The van der Waals surface area contributed by atoms with E-state index in [2.05, 4.69) is 41.4 Å². The van der Waals surface area contributed by atoms with Gasteiger partial charge in [0.25, 0.3) is 0 Å². The van der Waals surface area contributed by atoms with Crippen LogP contribution in [0.5, 0.6) is 0 Å². The summed E-state index contributed by atoms with van der Waals surface area (Å²) in [7, 11) is 4.15. The second-order valence-electron chi connectivity index (χ2n) is 5.22. The van der Waals surface area contributed by atoms with Crippen LogP contribution in [0.2, 0.25) is 0 Å². The molecule has 5 heteroatoms. The van der Waals surface area contributed by atoms with E-state index in [1.807, 2.05) is 25.3 Å². The Bertz CT molecular complexity index is 515. The number of nitrogens with zero attached hydrogens (tertiary/aromatic N) is 2. The Balaban J connectivity index is 2.00. The molecule has 0 fully saturated rings. The second-order valence-corrected chi connectivity index (χ2v) is 5.22. The summed E-state index contributed by atoms with van der Waals surface area (Å²) in [6, 6.07) is 4.36. The fraction of sp³-hybridized carbons (Fsp3) is 0.500. The molecule has 2 rings (SSSR count). The Morgan fingerprint density at radius 2 is 2.21 bits per heavy atom. The standard InChI is InChI=1S/C14H22N4O/c1-10(9-18(3)4)15-7-12-8-16-17-14(12)13-6-5-11(2)19-13/h5-6,8,10,15H,7,9H2,1-4H3,(H,16,17). The lowest BCUT2D eigenvalue weighted by molar-refractivity contribution is 0.349. The molecule has 0 spiro atoms. The highest BCUT2D eigenvalue weighted by Crippen LogP contribution is 2.23. The van der Waals surface area contributed by atoms with Gasteiger partial charge in [0.15, 0.2) is 5.76 Å². The maximum absolute atomic E-state index is 5.63. The highest BCUT2D eigenvalue weighted by Gasteiger charge is 2.12. The Labute approximate surface area is 114 Å². The molecule has 0 aliphatic rings. The molecule has 0 bridgehead atoms. The SMILES string of the molecule is Cc1ccc(-c2[nH]ncc2CNC(C)CN(C)C)o1. The van der Waals surface area contributed by atoms with Gasteiger partial charge in [-0.15, -0.1) is 0 Å². The van der Waals surface area contributed by atoms with Crippen LogP contribution in [0.15, 0.2) is 22.7 Å². The molecule has 1 atom stereocenters. The summed E-state index contributed by atoms with van der Waals surface area (Å²) >= 11 is 0. The van der Waals surface area contributed by atoms with Crippen molar-refractivity contribution < 1.29 is 4.42 Å².